The van der Waals surface area contributed by atoms with E-state index in [4.69, 9.17) is 4.52 Å². The normalized spacial score (nSPS) is 20.2. The maximum absolute atomic E-state index is 4.95. The Morgan fingerprint density at radius 3 is 2.48 bits per heavy atom. The topological polar surface area (TPSA) is 60.1 Å². The predicted octanol–water partition coefficient (Wildman–Crippen LogP) is 2.20. The lowest BCUT2D eigenvalue weighted by molar-refractivity contribution is 0.167. The second-order valence-electron chi connectivity index (χ2n) is 7.85. The van der Waals surface area contributed by atoms with Crippen LogP contribution in [0.25, 0.3) is 0 Å². The molecule has 2 aliphatic rings. The van der Waals surface area contributed by atoms with Crippen molar-refractivity contribution in [2.45, 2.75) is 25.4 Å². The summed E-state index contributed by atoms with van der Waals surface area (Å²) < 4.78 is 4.95. The number of benzene rings is 1. The lowest BCUT2D eigenvalue weighted by Gasteiger charge is -2.37. The van der Waals surface area contributed by atoms with Gasteiger partial charge in [0.2, 0.25) is 0 Å². The van der Waals surface area contributed by atoms with Crippen LogP contribution in [0.3, 0.4) is 0 Å². The molecule has 4 rings (SSSR count). The quantitative estimate of drug-likeness (QED) is 0.597. The molecule has 1 aromatic carbocycles. The average molecular weight is 397 g/mol. The number of rotatable bonds is 6. The van der Waals surface area contributed by atoms with E-state index >= 15 is 0 Å². The zero-order valence-corrected chi connectivity index (χ0v) is 17.3. The second kappa shape index (κ2) is 9.89. The molecule has 2 aromatic rings. The predicted molar refractivity (Wildman–Crippen MR) is 115 cm³/mol. The Bertz CT molecular complexity index is 749. The number of nitrogens with zero attached hydrogens (tertiary/aromatic N) is 5. The van der Waals surface area contributed by atoms with Crippen LogP contribution in [0.5, 0.6) is 0 Å². The van der Waals surface area contributed by atoms with E-state index in [0.717, 1.165) is 50.9 Å². The van der Waals surface area contributed by atoms with E-state index in [1.165, 1.54) is 31.5 Å². The molecule has 1 aromatic heterocycles. The fraction of sp³-hybridized carbons (Fsp3) is 0.545. The van der Waals surface area contributed by atoms with Crippen molar-refractivity contribution in [3.05, 3.63) is 53.9 Å². The maximum atomic E-state index is 4.95. The van der Waals surface area contributed by atoms with Gasteiger partial charge in [0.05, 0.1) is 11.7 Å². The standard InChI is InChI=1S/C22H32N6O/c1-23-22(28-14-12-26(13-15-28)18-20-9-16-29-25-20)24-17-21(27-10-5-6-11-27)19-7-3-2-4-8-19/h2-4,7-9,16,21H,5-6,10-15,17-18H2,1H3,(H,23,24). The molecule has 2 fully saturated rings. The molecule has 2 aliphatic heterocycles. The number of piperazine rings is 1. The van der Waals surface area contributed by atoms with E-state index in [2.05, 4.69) is 60.5 Å². The van der Waals surface area contributed by atoms with Gasteiger partial charge < -0.3 is 14.7 Å². The third-order valence-electron chi connectivity index (χ3n) is 5.98. The van der Waals surface area contributed by atoms with Crippen molar-refractivity contribution in [2.24, 2.45) is 4.99 Å². The van der Waals surface area contributed by atoms with E-state index in [0.29, 0.717) is 6.04 Å². The van der Waals surface area contributed by atoms with Gasteiger partial charge in [0.15, 0.2) is 5.96 Å². The monoisotopic (exact) mass is 396 g/mol. The van der Waals surface area contributed by atoms with Crippen molar-refractivity contribution in [3.8, 4) is 0 Å². The minimum atomic E-state index is 0.393. The first-order valence-electron chi connectivity index (χ1n) is 10.7. The van der Waals surface area contributed by atoms with Crippen LogP contribution in [-0.4, -0.2) is 78.7 Å². The molecule has 0 bridgehead atoms. The molecule has 0 saturated carbocycles. The maximum Gasteiger partial charge on any atom is 0.193 e. The third-order valence-corrected chi connectivity index (χ3v) is 5.98. The lowest BCUT2D eigenvalue weighted by atomic mass is 10.1. The van der Waals surface area contributed by atoms with Crippen LogP contribution in [-0.2, 0) is 6.54 Å². The highest BCUT2D eigenvalue weighted by molar-refractivity contribution is 5.80. The van der Waals surface area contributed by atoms with E-state index < -0.39 is 0 Å². The third kappa shape index (κ3) is 5.16. The van der Waals surface area contributed by atoms with Gasteiger partial charge >= 0.3 is 0 Å². The summed E-state index contributed by atoms with van der Waals surface area (Å²) in [6, 6.07) is 13.2. The number of guanidine groups is 1. The molecule has 1 unspecified atom stereocenters. The minimum Gasteiger partial charge on any atom is -0.364 e. The number of aliphatic imine (C=N–C) groups is 1. The molecule has 0 aliphatic carbocycles. The van der Waals surface area contributed by atoms with Gasteiger partial charge in [-0.2, -0.15) is 0 Å². The van der Waals surface area contributed by atoms with E-state index in [1.54, 1.807) is 6.26 Å². The largest absolute Gasteiger partial charge is 0.364 e. The Kier molecular flexibility index (Phi) is 6.79. The molecule has 7 nitrogen and oxygen atoms in total. The van der Waals surface area contributed by atoms with Crippen LogP contribution < -0.4 is 5.32 Å². The first-order valence-corrected chi connectivity index (χ1v) is 10.7. The van der Waals surface area contributed by atoms with Crippen LogP contribution in [0.4, 0.5) is 0 Å². The molecule has 0 amide bonds. The molecule has 29 heavy (non-hydrogen) atoms. The minimum absolute atomic E-state index is 0.393. The molecule has 2 saturated heterocycles. The Morgan fingerprint density at radius 1 is 1.07 bits per heavy atom. The van der Waals surface area contributed by atoms with Gasteiger partial charge in [-0.25, -0.2) is 0 Å². The molecular formula is C22H32N6O. The Balaban J connectivity index is 1.32. The van der Waals surface area contributed by atoms with Crippen LogP contribution >= 0.6 is 0 Å². The summed E-state index contributed by atoms with van der Waals surface area (Å²) in [6.45, 7) is 8.04. The first kappa shape index (κ1) is 19.9. The summed E-state index contributed by atoms with van der Waals surface area (Å²) in [5.41, 5.74) is 2.38. The van der Waals surface area contributed by atoms with Crippen LogP contribution in [0, 0.1) is 0 Å². The van der Waals surface area contributed by atoms with E-state index in [1.807, 2.05) is 13.1 Å². The van der Waals surface area contributed by atoms with Crippen molar-refractivity contribution in [2.75, 3.05) is 52.9 Å². The molecule has 0 radical (unpaired) electrons. The lowest BCUT2D eigenvalue weighted by Crippen LogP contribution is -2.53. The van der Waals surface area contributed by atoms with Crippen molar-refractivity contribution in [3.63, 3.8) is 0 Å². The summed E-state index contributed by atoms with van der Waals surface area (Å²) in [6.07, 6.45) is 4.23. The Hall–Kier alpha value is -2.38. The summed E-state index contributed by atoms with van der Waals surface area (Å²) in [4.78, 5) is 12.0. The van der Waals surface area contributed by atoms with Crippen LogP contribution in [0.15, 0.2) is 52.2 Å². The highest BCUT2D eigenvalue weighted by Crippen LogP contribution is 2.24. The van der Waals surface area contributed by atoms with Crippen molar-refractivity contribution < 1.29 is 4.52 Å². The van der Waals surface area contributed by atoms with Crippen LogP contribution in [0.1, 0.15) is 30.1 Å². The van der Waals surface area contributed by atoms with Crippen molar-refractivity contribution in [1.82, 2.24) is 25.2 Å². The molecule has 3 heterocycles. The number of aromatic nitrogens is 1. The Morgan fingerprint density at radius 2 is 1.83 bits per heavy atom. The smallest absolute Gasteiger partial charge is 0.193 e. The SMILES string of the molecule is CN=C(NCC(c1ccccc1)N1CCCC1)N1CCN(Cc2ccon2)CC1. The first-order chi connectivity index (χ1) is 14.3. The van der Waals surface area contributed by atoms with Gasteiger partial charge in [-0.1, -0.05) is 35.5 Å². The fourth-order valence-corrected chi connectivity index (χ4v) is 4.37. The molecule has 156 valence electrons. The van der Waals surface area contributed by atoms with Gasteiger partial charge in [0, 0.05) is 52.4 Å². The molecule has 1 atom stereocenters. The second-order valence-corrected chi connectivity index (χ2v) is 7.85. The molecule has 0 spiro atoms. The van der Waals surface area contributed by atoms with Gasteiger partial charge in [-0.05, 0) is 31.5 Å². The number of hydrogen-bond acceptors (Lipinski definition) is 5. The highest BCUT2D eigenvalue weighted by Gasteiger charge is 2.25. The number of nitrogens with one attached hydrogen (secondary N) is 1. The van der Waals surface area contributed by atoms with Gasteiger partial charge in [-0.15, -0.1) is 0 Å². The van der Waals surface area contributed by atoms with Gasteiger partial charge in [0.1, 0.15) is 6.26 Å². The summed E-state index contributed by atoms with van der Waals surface area (Å²) in [5, 5.41) is 7.69. The highest BCUT2D eigenvalue weighted by atomic mass is 16.5. The van der Waals surface area contributed by atoms with Crippen LogP contribution in [0.2, 0.25) is 0 Å². The van der Waals surface area contributed by atoms with E-state index in [-0.39, 0.29) is 0 Å². The molecular weight excluding hydrogens is 364 g/mol. The number of hydrogen-bond donors (Lipinski definition) is 1. The molecule has 7 heteroatoms. The van der Waals surface area contributed by atoms with Crippen molar-refractivity contribution in [1.29, 1.82) is 0 Å². The van der Waals surface area contributed by atoms with Crippen molar-refractivity contribution >= 4 is 5.96 Å². The van der Waals surface area contributed by atoms with E-state index in [9.17, 15) is 0 Å². The summed E-state index contributed by atoms with van der Waals surface area (Å²) in [7, 11) is 1.89. The molecule has 1 N–H and O–H groups in total. The summed E-state index contributed by atoms with van der Waals surface area (Å²) >= 11 is 0. The fourth-order valence-electron chi connectivity index (χ4n) is 4.37. The zero-order valence-electron chi connectivity index (χ0n) is 17.3. The Labute approximate surface area is 173 Å². The number of likely N-dealkylation sites (tertiary alicyclic amines) is 1. The average Bonchev–Trinajstić information content (AvgIpc) is 3.47. The zero-order chi connectivity index (χ0) is 19.9. The summed E-state index contributed by atoms with van der Waals surface area (Å²) in [5.74, 6) is 1.01. The van der Waals surface area contributed by atoms with Gasteiger partial charge in [-0.3, -0.25) is 14.8 Å². The van der Waals surface area contributed by atoms with Gasteiger partial charge in [0.25, 0.3) is 0 Å².